The summed E-state index contributed by atoms with van der Waals surface area (Å²) in [6, 6.07) is 14.6. The van der Waals surface area contributed by atoms with Crippen molar-refractivity contribution in [3.63, 3.8) is 0 Å². The molecule has 222 valence electrons. The molecule has 0 fully saturated rings. The normalized spacial score (nSPS) is 12.0. The van der Waals surface area contributed by atoms with Crippen molar-refractivity contribution in [1.29, 1.82) is 0 Å². The molecule has 0 amide bonds. The van der Waals surface area contributed by atoms with Crippen LogP contribution in [0.5, 0.6) is 34.5 Å². The number of aryl methyl sites for hydroxylation is 2. The quantitative estimate of drug-likeness (QED) is 0.0884. The van der Waals surface area contributed by atoms with E-state index in [-0.39, 0.29) is 51.9 Å². The Morgan fingerprint density at radius 3 is 1.79 bits per heavy atom. The lowest BCUT2D eigenvalue weighted by atomic mass is 9.84. The van der Waals surface area contributed by atoms with Crippen molar-refractivity contribution in [2.45, 2.75) is 59.9 Å². The van der Waals surface area contributed by atoms with Gasteiger partial charge in [0.15, 0.2) is 23.0 Å². The third-order valence-corrected chi connectivity index (χ3v) is 8.14. The Bertz CT molecular complexity index is 1920. The molecule has 7 heteroatoms. The third-order valence-electron chi connectivity index (χ3n) is 8.14. The second kappa shape index (κ2) is 11.1. The van der Waals surface area contributed by atoms with Gasteiger partial charge in [0, 0.05) is 44.8 Å². The highest BCUT2D eigenvalue weighted by Gasteiger charge is 2.28. The number of rotatable bonds is 6. The van der Waals surface area contributed by atoms with Crippen molar-refractivity contribution in [3.05, 3.63) is 81.9 Å². The minimum Gasteiger partial charge on any atom is -0.507 e. The van der Waals surface area contributed by atoms with Crippen LogP contribution in [0.3, 0.4) is 0 Å². The van der Waals surface area contributed by atoms with Crippen molar-refractivity contribution < 1.29 is 30.6 Å². The Labute approximate surface area is 250 Å². The van der Waals surface area contributed by atoms with Gasteiger partial charge in [-0.3, -0.25) is 4.99 Å². The molecule has 0 bridgehead atoms. The molecule has 5 aromatic carbocycles. The Morgan fingerprint density at radius 1 is 0.628 bits per heavy atom. The van der Waals surface area contributed by atoms with Gasteiger partial charge < -0.3 is 30.6 Å². The first kappa shape index (κ1) is 29.6. The van der Waals surface area contributed by atoms with E-state index in [2.05, 4.69) is 4.99 Å². The average molecular weight is 580 g/mol. The largest absolute Gasteiger partial charge is 0.507 e. The molecule has 0 unspecified atom stereocenters. The molecule has 43 heavy (non-hydrogen) atoms. The smallest absolute Gasteiger partial charge is 0.167 e. The van der Waals surface area contributed by atoms with Gasteiger partial charge >= 0.3 is 0 Å². The zero-order valence-electron chi connectivity index (χ0n) is 25.2. The topological polar surface area (TPSA) is 134 Å². The Balaban J connectivity index is 1.85. The molecular weight excluding hydrogens is 542 g/mol. The summed E-state index contributed by atoms with van der Waals surface area (Å²) >= 11 is 0. The molecule has 0 aliphatic rings. The molecular formula is C36H37NO6. The van der Waals surface area contributed by atoms with Gasteiger partial charge in [-0.05, 0) is 59.2 Å². The van der Waals surface area contributed by atoms with E-state index < -0.39 is 0 Å². The molecule has 0 radical (unpaired) electrons. The van der Waals surface area contributed by atoms with Crippen LogP contribution in [0.2, 0.25) is 0 Å². The van der Waals surface area contributed by atoms with E-state index in [0.717, 1.165) is 5.56 Å². The van der Waals surface area contributed by atoms with Gasteiger partial charge in [-0.25, -0.2) is 0 Å². The molecule has 0 spiro atoms. The molecule has 0 saturated heterocycles. The Hall–Kier alpha value is -4.91. The second-order valence-electron chi connectivity index (χ2n) is 11.8. The summed E-state index contributed by atoms with van der Waals surface area (Å²) in [5.41, 5.74) is 4.09. The van der Waals surface area contributed by atoms with E-state index in [1.165, 1.54) is 12.3 Å². The van der Waals surface area contributed by atoms with Crippen molar-refractivity contribution in [3.8, 4) is 45.6 Å². The van der Waals surface area contributed by atoms with Crippen molar-refractivity contribution in [1.82, 2.24) is 0 Å². The van der Waals surface area contributed by atoms with Crippen LogP contribution >= 0.6 is 0 Å². The van der Waals surface area contributed by atoms with E-state index >= 15 is 0 Å². The fraction of sp³-hybridized carbons (Fsp3) is 0.250. The summed E-state index contributed by atoms with van der Waals surface area (Å²) in [6.07, 6.45) is 1.45. The van der Waals surface area contributed by atoms with E-state index in [4.69, 9.17) is 0 Å². The zero-order chi connectivity index (χ0) is 31.3. The van der Waals surface area contributed by atoms with E-state index in [0.29, 0.717) is 61.5 Å². The average Bonchev–Trinajstić information content (AvgIpc) is 2.94. The van der Waals surface area contributed by atoms with Gasteiger partial charge in [-0.15, -0.1) is 0 Å². The van der Waals surface area contributed by atoms with Gasteiger partial charge in [-0.2, -0.15) is 0 Å². The predicted molar refractivity (Wildman–Crippen MR) is 172 cm³/mol. The molecule has 0 aliphatic heterocycles. The maximum absolute atomic E-state index is 12.0. The van der Waals surface area contributed by atoms with Crippen LogP contribution in [0, 0.1) is 13.8 Å². The molecule has 0 atom stereocenters. The summed E-state index contributed by atoms with van der Waals surface area (Å²) in [6.45, 7) is 11.5. The van der Waals surface area contributed by atoms with Crippen molar-refractivity contribution >= 4 is 27.8 Å². The van der Waals surface area contributed by atoms with Crippen LogP contribution in [0.1, 0.15) is 72.9 Å². The highest BCUT2D eigenvalue weighted by Crippen LogP contribution is 2.53. The fourth-order valence-corrected chi connectivity index (χ4v) is 6.19. The SMILES string of the molecule is Cc1cc2c(C(C)C)c(O)c(O)cc2c(O)c1-c1c(C)cc2c(C(C)C)c(O)c(O)c(C=NCc3ccccc3)c2c1O. The molecule has 6 N–H and O–H groups in total. The Morgan fingerprint density at radius 2 is 1.19 bits per heavy atom. The zero-order valence-corrected chi connectivity index (χ0v) is 25.2. The molecule has 5 rings (SSSR count). The first-order valence-corrected chi connectivity index (χ1v) is 14.3. The van der Waals surface area contributed by atoms with Crippen LogP contribution in [0.25, 0.3) is 32.7 Å². The van der Waals surface area contributed by atoms with Crippen LogP contribution in [0.4, 0.5) is 0 Å². The lowest BCUT2D eigenvalue weighted by molar-refractivity contribution is 0.398. The molecule has 5 aromatic rings. The fourth-order valence-electron chi connectivity index (χ4n) is 6.19. The first-order chi connectivity index (χ1) is 20.3. The third kappa shape index (κ3) is 4.84. The molecule has 7 nitrogen and oxygen atoms in total. The first-order valence-electron chi connectivity index (χ1n) is 14.3. The summed E-state index contributed by atoms with van der Waals surface area (Å²) in [5, 5.41) is 68.9. The van der Waals surface area contributed by atoms with E-state index in [9.17, 15) is 30.6 Å². The number of nitrogens with zero attached hydrogens (tertiary/aromatic N) is 1. The standard InChI is InChI=1S/C36H37NO6/c1-17(2)27-22-12-19(5)29(32(39)23(22)14-26(38)34(27)41)30-20(6)13-24-28(18(3)4)36(43)33(40)25(31(24)35(30)42)16-37-15-21-10-8-7-9-11-21/h7-14,16-18,38-43H,15H2,1-6H3. The van der Waals surface area contributed by atoms with Crippen LogP contribution in [-0.2, 0) is 6.54 Å². The number of phenolic OH excluding ortho intramolecular Hbond substituents is 6. The van der Waals surface area contributed by atoms with Crippen molar-refractivity contribution in [2.24, 2.45) is 4.99 Å². The minimum atomic E-state index is -0.389. The number of benzene rings is 5. The van der Waals surface area contributed by atoms with E-state index in [1.807, 2.05) is 84.0 Å². The highest BCUT2D eigenvalue weighted by atomic mass is 16.3. The molecule has 0 aromatic heterocycles. The number of hydrogen-bond acceptors (Lipinski definition) is 7. The number of hydrogen-bond donors (Lipinski definition) is 6. The number of aromatic hydroxyl groups is 6. The number of aliphatic imine (C=N–C) groups is 1. The summed E-state index contributed by atoms with van der Waals surface area (Å²) in [5.74, 6) is -1.90. The maximum atomic E-state index is 12.0. The van der Waals surface area contributed by atoms with Gasteiger partial charge in [0.2, 0.25) is 0 Å². The van der Waals surface area contributed by atoms with Gasteiger partial charge in [0.05, 0.1) is 6.54 Å². The van der Waals surface area contributed by atoms with Gasteiger partial charge in [0.25, 0.3) is 0 Å². The molecule has 0 heterocycles. The van der Waals surface area contributed by atoms with Crippen LogP contribution in [0.15, 0.2) is 53.5 Å². The van der Waals surface area contributed by atoms with Crippen LogP contribution in [-0.4, -0.2) is 36.9 Å². The van der Waals surface area contributed by atoms with Gasteiger partial charge in [-0.1, -0.05) is 70.2 Å². The minimum absolute atomic E-state index is 0.141. The van der Waals surface area contributed by atoms with E-state index in [1.54, 1.807) is 0 Å². The molecule has 0 saturated carbocycles. The highest BCUT2D eigenvalue weighted by molar-refractivity contribution is 6.12. The lowest BCUT2D eigenvalue weighted by Crippen LogP contribution is -2.00. The van der Waals surface area contributed by atoms with Gasteiger partial charge in [0.1, 0.15) is 11.5 Å². The predicted octanol–water partition coefficient (Wildman–Crippen LogP) is 8.38. The summed E-state index contributed by atoms with van der Waals surface area (Å²) in [7, 11) is 0. The lowest BCUT2D eigenvalue weighted by Gasteiger charge is -2.23. The molecule has 0 aliphatic carbocycles. The number of phenols is 6. The summed E-state index contributed by atoms with van der Waals surface area (Å²) in [4.78, 5) is 4.52. The Kier molecular flexibility index (Phi) is 7.61. The summed E-state index contributed by atoms with van der Waals surface area (Å²) < 4.78 is 0. The number of fused-ring (bicyclic) bond motifs is 2. The maximum Gasteiger partial charge on any atom is 0.167 e. The second-order valence-corrected chi connectivity index (χ2v) is 11.8. The monoisotopic (exact) mass is 579 g/mol. The van der Waals surface area contributed by atoms with Crippen LogP contribution < -0.4 is 0 Å². The van der Waals surface area contributed by atoms with Crippen molar-refractivity contribution in [2.75, 3.05) is 0 Å².